The Morgan fingerprint density at radius 2 is 1.91 bits per heavy atom. The molecule has 0 aliphatic carbocycles. The van der Waals surface area contributed by atoms with Crippen molar-refractivity contribution in [3.8, 4) is 17.0 Å². The van der Waals surface area contributed by atoms with Gasteiger partial charge in [-0.1, -0.05) is 0 Å². The molecule has 22 heavy (non-hydrogen) atoms. The molecule has 0 atom stereocenters. The summed E-state index contributed by atoms with van der Waals surface area (Å²) in [5, 5.41) is 9.52. The van der Waals surface area contributed by atoms with Crippen LogP contribution in [0.25, 0.3) is 16.9 Å². The molecule has 3 heterocycles. The summed E-state index contributed by atoms with van der Waals surface area (Å²) >= 11 is 7.08. The monoisotopic (exact) mass is 632 g/mol. The van der Waals surface area contributed by atoms with Gasteiger partial charge in [0.2, 0.25) is 0 Å². The molecule has 0 aliphatic rings. The second kappa shape index (κ2) is 6.26. The Labute approximate surface area is 168 Å². The van der Waals surface area contributed by atoms with Crippen molar-refractivity contribution >= 4 is 79.2 Å². The number of halogens is 3. The summed E-state index contributed by atoms with van der Waals surface area (Å²) in [5.74, 6) is 1.12. The van der Waals surface area contributed by atoms with Crippen molar-refractivity contribution < 1.29 is 5.11 Å². The topological polar surface area (TPSA) is 53.7 Å². The normalized spacial score (nSPS) is 11.8. The number of alkyl halides is 3. The Kier molecular flexibility index (Phi) is 4.69. The summed E-state index contributed by atoms with van der Waals surface area (Å²) in [6.45, 7) is 0. The molecule has 5 nitrogen and oxygen atoms in total. The summed E-state index contributed by atoms with van der Waals surface area (Å²) in [6, 6.07) is 7.41. The third-order valence-corrected chi connectivity index (χ3v) is 5.37. The van der Waals surface area contributed by atoms with Crippen LogP contribution in [0.5, 0.6) is 5.75 Å². The van der Waals surface area contributed by atoms with Gasteiger partial charge < -0.3 is 14.4 Å². The Balaban J connectivity index is 1.94. The van der Waals surface area contributed by atoms with E-state index in [4.69, 9.17) is 0 Å². The van der Waals surface area contributed by atoms with Gasteiger partial charge in [0.15, 0.2) is -0.441 Å². The number of hydrogen-bond acceptors (Lipinski definition) is 4. The molecule has 0 saturated carbocycles. The zero-order chi connectivity index (χ0) is 15.9. The van der Waals surface area contributed by atoms with E-state index in [9.17, 15) is 5.11 Å². The Morgan fingerprint density at radius 3 is 2.55 bits per heavy atom. The average Bonchev–Trinajstić information content (AvgIpc) is 2.88. The molecule has 0 spiro atoms. The van der Waals surface area contributed by atoms with E-state index in [-0.39, 0.29) is 5.31 Å². The molecule has 0 saturated heterocycles. The molecule has 0 unspecified atom stereocenters. The van der Waals surface area contributed by atoms with Crippen LogP contribution in [0.4, 0.5) is 5.82 Å². The van der Waals surface area contributed by atoms with E-state index in [0.29, 0.717) is 0 Å². The smallest absolute Gasteiger partial charge is 0.195 e. The highest BCUT2D eigenvalue weighted by atomic mass is 127. The summed E-state index contributed by atoms with van der Waals surface area (Å²) < 4.78 is 1.73. The maximum Gasteiger partial charge on any atom is 0.195 e. The van der Waals surface area contributed by atoms with Gasteiger partial charge in [-0.15, -0.1) is 0 Å². The van der Waals surface area contributed by atoms with Gasteiger partial charge in [0.1, 0.15) is 17.2 Å². The highest BCUT2D eigenvalue weighted by Crippen LogP contribution is 2.40. The van der Waals surface area contributed by atoms with Gasteiger partial charge in [-0.25, -0.2) is 9.97 Å². The number of nitrogens with zero attached hydrogens (tertiary/aromatic N) is 4. The third kappa shape index (κ3) is 3.42. The minimum absolute atomic E-state index is 0.0671. The van der Waals surface area contributed by atoms with Gasteiger partial charge in [0.25, 0.3) is 0 Å². The first-order chi connectivity index (χ1) is 10.3. The summed E-state index contributed by atoms with van der Waals surface area (Å²) in [4.78, 5) is 11.2. The Morgan fingerprint density at radius 1 is 1.14 bits per heavy atom. The van der Waals surface area contributed by atoms with E-state index in [1.54, 1.807) is 22.7 Å². The molecule has 0 bridgehead atoms. The number of pyridine rings is 2. The van der Waals surface area contributed by atoms with Gasteiger partial charge in [-0.05, 0) is 92.0 Å². The van der Waals surface area contributed by atoms with E-state index in [2.05, 4.69) is 82.6 Å². The molecule has 3 aromatic heterocycles. The molecule has 0 radical (unpaired) electrons. The van der Waals surface area contributed by atoms with Crippen molar-refractivity contribution in [3.05, 3.63) is 42.9 Å². The minimum Gasteiger partial charge on any atom is -0.506 e. The largest absolute Gasteiger partial charge is 0.506 e. The van der Waals surface area contributed by atoms with Crippen LogP contribution in [0, 0.1) is 0 Å². The minimum atomic E-state index is -0.0671. The van der Waals surface area contributed by atoms with Crippen molar-refractivity contribution in [1.29, 1.82) is 0 Å². The maximum atomic E-state index is 9.52. The van der Waals surface area contributed by atoms with E-state index in [1.807, 2.05) is 31.6 Å². The molecule has 114 valence electrons. The lowest BCUT2D eigenvalue weighted by molar-refractivity contribution is 0.472. The first-order valence-electron chi connectivity index (χ1n) is 6.29. The van der Waals surface area contributed by atoms with Gasteiger partial charge in [0.05, 0.1) is 11.9 Å². The molecule has 0 amide bonds. The predicted molar refractivity (Wildman–Crippen MR) is 113 cm³/mol. The number of aromatic hydroxyl groups is 1. The number of hydrogen-bond donors (Lipinski definition) is 1. The predicted octanol–water partition coefficient (Wildman–Crippen LogP) is 4.45. The van der Waals surface area contributed by atoms with Gasteiger partial charge in [0, 0.05) is 25.0 Å². The van der Waals surface area contributed by atoms with Crippen molar-refractivity contribution in [2.24, 2.45) is 0 Å². The van der Waals surface area contributed by atoms with Crippen molar-refractivity contribution in [1.82, 2.24) is 14.4 Å². The van der Waals surface area contributed by atoms with Gasteiger partial charge >= 0.3 is 0 Å². The molecular formula is C14H11I3N4O. The van der Waals surface area contributed by atoms with Crippen LogP contribution in [-0.2, 0) is 0 Å². The molecule has 0 fully saturated rings. The fraction of sp³-hybridized carbons (Fsp3) is 0.143. The van der Waals surface area contributed by atoms with Crippen molar-refractivity contribution in [3.63, 3.8) is 0 Å². The lowest BCUT2D eigenvalue weighted by Crippen LogP contribution is -2.29. The standard InChI is InChI=1S/C14H11I3N4O/c1-20(14(15,16)17)12-4-2-9(6-18-12)11-8-21-7-10(22)3-5-13(21)19-11/h2-8,22H,1H3. The van der Waals surface area contributed by atoms with Gasteiger partial charge in [-0.3, -0.25) is 0 Å². The zero-order valence-corrected chi connectivity index (χ0v) is 17.9. The number of anilines is 1. The SMILES string of the molecule is CN(c1ccc(-c2cn3cc(O)ccc3n2)cn1)C(I)(I)I. The van der Waals surface area contributed by atoms with Crippen LogP contribution in [0.15, 0.2) is 42.9 Å². The van der Waals surface area contributed by atoms with E-state index in [1.165, 1.54) is 0 Å². The number of aromatic nitrogens is 3. The molecule has 1 N–H and O–H groups in total. The second-order valence-electron chi connectivity index (χ2n) is 4.71. The second-order valence-corrected chi connectivity index (χ2v) is 15.6. The van der Waals surface area contributed by atoms with Crippen LogP contribution in [0.2, 0.25) is 0 Å². The molecule has 3 rings (SSSR count). The molecule has 3 aromatic rings. The zero-order valence-electron chi connectivity index (χ0n) is 11.4. The van der Waals surface area contributed by atoms with Crippen LogP contribution in [0.3, 0.4) is 0 Å². The van der Waals surface area contributed by atoms with Crippen LogP contribution >= 0.6 is 67.8 Å². The van der Waals surface area contributed by atoms with Crippen molar-refractivity contribution in [2.75, 3.05) is 11.9 Å². The molecular weight excluding hydrogens is 621 g/mol. The third-order valence-electron chi connectivity index (χ3n) is 3.20. The summed E-state index contributed by atoms with van der Waals surface area (Å²) in [6.07, 6.45) is 5.34. The molecule has 8 heteroatoms. The molecule has 0 aliphatic heterocycles. The fourth-order valence-corrected chi connectivity index (χ4v) is 2.73. The number of rotatable bonds is 3. The van der Waals surface area contributed by atoms with E-state index >= 15 is 0 Å². The Bertz CT molecular complexity index is 811. The Hall–Kier alpha value is -0.370. The lowest BCUT2D eigenvalue weighted by Gasteiger charge is -2.27. The van der Waals surface area contributed by atoms with E-state index in [0.717, 1.165) is 22.7 Å². The van der Waals surface area contributed by atoms with Gasteiger partial charge in [-0.2, -0.15) is 0 Å². The number of imidazole rings is 1. The van der Waals surface area contributed by atoms with Crippen LogP contribution in [-0.4, -0.2) is 26.1 Å². The molecule has 0 aromatic carbocycles. The quantitative estimate of drug-likeness (QED) is 0.264. The summed E-state index contributed by atoms with van der Waals surface area (Å²) in [5.41, 5.74) is 2.57. The maximum absolute atomic E-state index is 9.52. The summed E-state index contributed by atoms with van der Waals surface area (Å²) in [7, 11) is 2.01. The first-order valence-corrected chi connectivity index (χ1v) is 9.53. The average molecular weight is 632 g/mol. The van der Waals surface area contributed by atoms with Crippen molar-refractivity contribution in [2.45, 2.75) is -0.441 Å². The van der Waals surface area contributed by atoms with Crippen LogP contribution < -0.4 is 4.90 Å². The highest BCUT2D eigenvalue weighted by molar-refractivity contribution is 14.3. The first kappa shape index (κ1) is 16.5. The van der Waals surface area contributed by atoms with E-state index < -0.39 is 0 Å². The fourth-order valence-electron chi connectivity index (χ4n) is 1.99. The lowest BCUT2D eigenvalue weighted by atomic mass is 10.2. The van der Waals surface area contributed by atoms with Crippen LogP contribution in [0.1, 0.15) is 0 Å². The number of fused-ring (bicyclic) bond motifs is 1. The highest BCUT2D eigenvalue weighted by Gasteiger charge is 2.24.